The van der Waals surface area contributed by atoms with Gasteiger partial charge in [0.2, 0.25) is 0 Å². The first-order chi connectivity index (χ1) is 5.77. The van der Waals surface area contributed by atoms with Crippen molar-refractivity contribution in [3.8, 4) is 23.7 Å². The van der Waals surface area contributed by atoms with E-state index < -0.39 is 5.97 Å². The van der Waals surface area contributed by atoms with Gasteiger partial charge in [-0.1, -0.05) is 23.7 Å². The van der Waals surface area contributed by atoms with Gasteiger partial charge >= 0.3 is 5.97 Å². The zero-order valence-corrected chi connectivity index (χ0v) is 6.50. The van der Waals surface area contributed by atoms with Crippen LogP contribution in [0.2, 0.25) is 0 Å². The third-order valence-corrected chi connectivity index (χ3v) is 0.796. The van der Waals surface area contributed by atoms with Crippen molar-refractivity contribution in [3.63, 3.8) is 0 Å². The van der Waals surface area contributed by atoms with Crippen molar-refractivity contribution in [2.24, 2.45) is 5.73 Å². The van der Waals surface area contributed by atoms with E-state index in [1.807, 2.05) is 0 Å². The highest BCUT2D eigenvalue weighted by Gasteiger charge is 1.86. The molecular weight excluding hydrogens is 154 g/mol. The zero-order chi connectivity index (χ0) is 9.23. The van der Waals surface area contributed by atoms with E-state index in [-0.39, 0.29) is 6.42 Å². The van der Waals surface area contributed by atoms with Crippen molar-refractivity contribution in [2.45, 2.75) is 6.42 Å². The number of carbonyl (C=O) groups is 1. The van der Waals surface area contributed by atoms with Crippen LogP contribution in [0, 0.1) is 23.7 Å². The Balaban J connectivity index is 3.70. The minimum atomic E-state index is -0.927. The zero-order valence-electron chi connectivity index (χ0n) is 6.50. The van der Waals surface area contributed by atoms with Gasteiger partial charge in [-0.25, -0.2) is 0 Å². The highest BCUT2D eigenvalue weighted by atomic mass is 16.4. The van der Waals surface area contributed by atoms with Crippen molar-refractivity contribution in [1.82, 2.24) is 0 Å². The second-order valence-electron chi connectivity index (χ2n) is 1.75. The van der Waals surface area contributed by atoms with Crippen molar-refractivity contribution < 1.29 is 9.90 Å². The molecule has 0 heterocycles. The molecule has 0 fully saturated rings. The molecule has 0 aliphatic rings. The highest BCUT2D eigenvalue weighted by Crippen LogP contribution is 1.74. The first-order valence-corrected chi connectivity index (χ1v) is 3.31. The smallest absolute Gasteiger partial charge is 0.315 e. The average molecular weight is 163 g/mol. The maximum Gasteiger partial charge on any atom is 0.315 e. The second kappa shape index (κ2) is 7.40. The molecule has 62 valence electrons. The van der Waals surface area contributed by atoms with E-state index >= 15 is 0 Å². The fourth-order valence-corrected chi connectivity index (χ4v) is 0.387. The Morgan fingerprint density at radius 2 is 1.92 bits per heavy atom. The predicted molar refractivity (Wildman–Crippen MR) is 46.0 cm³/mol. The third kappa shape index (κ3) is 8.29. The first kappa shape index (κ1) is 10.3. The van der Waals surface area contributed by atoms with Gasteiger partial charge < -0.3 is 10.8 Å². The predicted octanol–water partition coefficient (Wildman–Crippen LogP) is -0.0172. The Hall–Kier alpha value is -1.71. The van der Waals surface area contributed by atoms with Crippen LogP contribution in [0.1, 0.15) is 6.42 Å². The van der Waals surface area contributed by atoms with Gasteiger partial charge in [0, 0.05) is 0 Å². The van der Waals surface area contributed by atoms with Gasteiger partial charge in [0.05, 0.1) is 6.54 Å². The van der Waals surface area contributed by atoms with Crippen molar-refractivity contribution in [3.05, 3.63) is 12.2 Å². The summed E-state index contributed by atoms with van der Waals surface area (Å²) in [6.45, 7) is 0.312. The molecule has 0 amide bonds. The summed E-state index contributed by atoms with van der Waals surface area (Å²) in [6, 6.07) is 0. The molecular formula is C9H9NO2. The maximum atomic E-state index is 9.96. The molecule has 0 spiro atoms. The van der Waals surface area contributed by atoms with Crippen LogP contribution in [0.3, 0.4) is 0 Å². The topological polar surface area (TPSA) is 63.3 Å². The molecule has 0 aromatic heterocycles. The number of nitrogens with two attached hydrogens (primary N) is 1. The van der Waals surface area contributed by atoms with Gasteiger partial charge in [-0.05, 0) is 12.2 Å². The summed E-state index contributed by atoms with van der Waals surface area (Å²) >= 11 is 0. The molecule has 3 nitrogen and oxygen atoms in total. The van der Waals surface area contributed by atoms with Gasteiger partial charge in [-0.3, -0.25) is 4.79 Å². The Morgan fingerprint density at radius 3 is 2.42 bits per heavy atom. The molecule has 3 heteroatoms. The summed E-state index contributed by atoms with van der Waals surface area (Å²) in [5.74, 6) is 9.24. The molecule has 0 bridgehead atoms. The van der Waals surface area contributed by atoms with E-state index in [1.165, 1.54) is 12.2 Å². The lowest BCUT2D eigenvalue weighted by molar-refractivity contribution is -0.135. The number of carboxylic acid groups (broad SMARTS) is 1. The van der Waals surface area contributed by atoms with E-state index in [4.69, 9.17) is 10.8 Å². The summed E-state index contributed by atoms with van der Waals surface area (Å²) in [5, 5.41) is 8.18. The first-order valence-electron chi connectivity index (χ1n) is 3.31. The lowest BCUT2D eigenvalue weighted by Crippen LogP contribution is -1.92. The van der Waals surface area contributed by atoms with Crippen LogP contribution in [-0.4, -0.2) is 17.6 Å². The quantitative estimate of drug-likeness (QED) is 0.534. The molecule has 0 atom stereocenters. The largest absolute Gasteiger partial charge is 0.481 e. The second-order valence-corrected chi connectivity index (χ2v) is 1.75. The third-order valence-electron chi connectivity index (χ3n) is 0.796. The Labute approximate surface area is 71.3 Å². The molecule has 0 unspecified atom stereocenters. The molecule has 12 heavy (non-hydrogen) atoms. The average Bonchev–Trinajstić information content (AvgIpc) is 2.02. The van der Waals surface area contributed by atoms with Crippen molar-refractivity contribution in [2.75, 3.05) is 6.54 Å². The molecule has 0 aliphatic carbocycles. The number of hydrogen-bond acceptors (Lipinski definition) is 2. The summed E-state index contributed by atoms with van der Waals surface area (Å²) in [6.07, 6.45) is 2.88. The van der Waals surface area contributed by atoms with Gasteiger partial charge in [-0.2, -0.15) is 0 Å². The van der Waals surface area contributed by atoms with E-state index in [0.717, 1.165) is 0 Å². The molecule has 0 rings (SSSR count). The lowest BCUT2D eigenvalue weighted by atomic mass is 10.4. The Morgan fingerprint density at radius 1 is 1.33 bits per heavy atom. The van der Waals surface area contributed by atoms with Gasteiger partial charge in [-0.15, -0.1) is 0 Å². The number of carboxylic acids is 1. The van der Waals surface area contributed by atoms with Gasteiger partial charge in [0.1, 0.15) is 6.42 Å². The summed E-state index contributed by atoms with van der Waals surface area (Å²) in [5.41, 5.74) is 5.09. The summed E-state index contributed by atoms with van der Waals surface area (Å²) in [4.78, 5) is 9.96. The van der Waals surface area contributed by atoms with Crippen LogP contribution in [0.4, 0.5) is 0 Å². The number of hydrogen-bond donors (Lipinski definition) is 2. The lowest BCUT2D eigenvalue weighted by Gasteiger charge is -1.75. The molecule has 0 saturated carbocycles. The van der Waals surface area contributed by atoms with Crippen molar-refractivity contribution >= 4 is 5.97 Å². The summed E-state index contributed by atoms with van der Waals surface area (Å²) < 4.78 is 0. The Kier molecular flexibility index (Phi) is 6.34. The van der Waals surface area contributed by atoms with E-state index in [0.29, 0.717) is 6.54 Å². The normalized spacial score (nSPS) is 8.08. The minimum absolute atomic E-state index is 0.144. The number of aliphatic carboxylic acids is 1. The van der Waals surface area contributed by atoms with E-state index in [9.17, 15) is 4.79 Å². The molecule has 0 aliphatic heterocycles. The molecule has 0 aromatic rings. The fourth-order valence-electron chi connectivity index (χ4n) is 0.387. The SMILES string of the molecule is NCC#C/C=C/C#CCC(=O)O. The molecule has 0 saturated heterocycles. The van der Waals surface area contributed by atoms with Gasteiger partial charge in [0.15, 0.2) is 0 Å². The molecule has 0 aromatic carbocycles. The molecule has 0 radical (unpaired) electrons. The molecule has 3 N–H and O–H groups in total. The van der Waals surface area contributed by atoms with Crippen LogP contribution >= 0.6 is 0 Å². The number of allylic oxidation sites excluding steroid dienone is 2. The highest BCUT2D eigenvalue weighted by molar-refractivity contribution is 5.70. The van der Waals surface area contributed by atoms with Crippen LogP contribution < -0.4 is 5.73 Å². The Bertz CT molecular complexity index is 283. The van der Waals surface area contributed by atoms with Crippen LogP contribution in [0.5, 0.6) is 0 Å². The van der Waals surface area contributed by atoms with Crippen LogP contribution in [0.15, 0.2) is 12.2 Å². The van der Waals surface area contributed by atoms with E-state index in [1.54, 1.807) is 0 Å². The maximum absolute atomic E-state index is 9.96. The van der Waals surface area contributed by atoms with Gasteiger partial charge in [0.25, 0.3) is 0 Å². The summed E-state index contributed by atoms with van der Waals surface area (Å²) in [7, 11) is 0. The van der Waals surface area contributed by atoms with Crippen LogP contribution in [-0.2, 0) is 4.79 Å². The van der Waals surface area contributed by atoms with E-state index in [2.05, 4.69) is 23.7 Å². The minimum Gasteiger partial charge on any atom is -0.481 e. The standard InChI is InChI=1S/C9H9NO2/c10-8-6-4-2-1-3-5-7-9(11)12/h1-2H,7-8,10H2,(H,11,12)/b2-1+. The van der Waals surface area contributed by atoms with Crippen LogP contribution in [0.25, 0.3) is 0 Å². The fraction of sp³-hybridized carbons (Fsp3) is 0.222. The number of rotatable bonds is 1. The van der Waals surface area contributed by atoms with Crippen molar-refractivity contribution in [1.29, 1.82) is 0 Å². The monoisotopic (exact) mass is 163 g/mol.